The van der Waals surface area contributed by atoms with Crippen molar-refractivity contribution in [2.45, 2.75) is 70.5 Å². The van der Waals surface area contributed by atoms with E-state index < -0.39 is 18.4 Å². The molecule has 294 valence electrons. The molecule has 6 heterocycles. The monoisotopic (exact) mass is 775 g/mol. The number of carbonyl (C=O) groups excluding carboxylic acids is 3. The number of rotatable bonds is 7. The van der Waals surface area contributed by atoms with Crippen LogP contribution in [0.25, 0.3) is 22.0 Å². The summed E-state index contributed by atoms with van der Waals surface area (Å²) < 4.78 is 39.1. The summed E-state index contributed by atoms with van der Waals surface area (Å²) in [5.74, 6) is -0.621. The maximum absolute atomic E-state index is 14.9. The molecule has 0 spiro atoms. The minimum absolute atomic E-state index is 0.0426. The van der Waals surface area contributed by atoms with Gasteiger partial charge < -0.3 is 24.0 Å². The number of aryl methyl sites for hydroxylation is 3. The van der Waals surface area contributed by atoms with Gasteiger partial charge in [0.2, 0.25) is 11.8 Å². The third kappa shape index (κ3) is 6.21. The van der Waals surface area contributed by atoms with Crippen molar-refractivity contribution in [3.05, 3.63) is 99.1 Å². The lowest BCUT2D eigenvalue weighted by atomic mass is 9.92. The molecule has 12 nitrogen and oxygen atoms in total. The van der Waals surface area contributed by atoms with Crippen LogP contribution in [0, 0.1) is 6.92 Å². The molecule has 57 heavy (non-hydrogen) atoms. The number of fused-ring (bicyclic) bond motifs is 3. The van der Waals surface area contributed by atoms with Crippen LogP contribution in [0.2, 0.25) is 0 Å². The normalized spacial score (nSPS) is 18.7. The number of hydrogen-bond acceptors (Lipinski definition) is 8. The van der Waals surface area contributed by atoms with Crippen LogP contribution < -0.4 is 25.4 Å². The average Bonchev–Trinajstić information content (AvgIpc) is 3.84. The first-order valence-corrected chi connectivity index (χ1v) is 19.5. The van der Waals surface area contributed by atoms with Crippen LogP contribution in [0.15, 0.2) is 65.7 Å². The number of methoxy groups -OCH3 is 1. The van der Waals surface area contributed by atoms with Gasteiger partial charge in [0.05, 0.1) is 36.1 Å². The number of aromatic nitrogens is 3. The fourth-order valence-corrected chi connectivity index (χ4v) is 9.26. The zero-order valence-electron chi connectivity index (χ0n) is 32.1. The molecule has 4 aliphatic heterocycles. The Morgan fingerprint density at radius 2 is 1.74 bits per heavy atom. The third-order valence-corrected chi connectivity index (χ3v) is 12.2. The van der Waals surface area contributed by atoms with E-state index >= 15 is 0 Å². The highest BCUT2D eigenvalue weighted by atomic mass is 19.3. The van der Waals surface area contributed by atoms with Crippen molar-refractivity contribution in [1.82, 2.24) is 24.6 Å². The minimum Gasteiger partial charge on any atom is -0.496 e. The van der Waals surface area contributed by atoms with E-state index in [0.717, 1.165) is 64.8 Å². The number of alkyl halides is 2. The summed E-state index contributed by atoms with van der Waals surface area (Å²) in [5, 5.41) is 7.94. The minimum atomic E-state index is -2.70. The largest absolute Gasteiger partial charge is 0.496 e. The molecule has 0 radical (unpaired) electrons. The van der Waals surface area contributed by atoms with Crippen molar-refractivity contribution >= 4 is 45.7 Å². The average molecular weight is 776 g/mol. The predicted molar refractivity (Wildman–Crippen MR) is 211 cm³/mol. The second-order valence-corrected chi connectivity index (χ2v) is 15.5. The molecular weight excluding hydrogens is 733 g/mol. The number of carbonyl (C=O) groups is 3. The van der Waals surface area contributed by atoms with E-state index in [1.165, 1.54) is 12.0 Å². The first-order chi connectivity index (χ1) is 27.5. The Kier molecular flexibility index (Phi) is 9.08. The van der Waals surface area contributed by atoms with E-state index in [-0.39, 0.29) is 48.4 Å². The van der Waals surface area contributed by atoms with Gasteiger partial charge in [-0.05, 0) is 92.1 Å². The number of nitrogens with zero attached hydrogens (tertiary/aromatic N) is 6. The van der Waals surface area contributed by atoms with E-state index in [1.54, 1.807) is 30.8 Å². The van der Waals surface area contributed by atoms with Crippen molar-refractivity contribution in [2.75, 3.05) is 36.5 Å². The molecular formula is C43H43F2N7O5. The van der Waals surface area contributed by atoms with Crippen LogP contribution in [0.4, 0.5) is 25.8 Å². The smallest absolute Gasteiger partial charge is 0.264 e. The van der Waals surface area contributed by atoms with Gasteiger partial charge in [-0.25, -0.2) is 8.78 Å². The number of imide groups is 1. The third-order valence-electron chi connectivity index (χ3n) is 12.2. The molecule has 0 aliphatic carbocycles. The van der Waals surface area contributed by atoms with Gasteiger partial charge in [0, 0.05) is 85.4 Å². The van der Waals surface area contributed by atoms with Gasteiger partial charge >= 0.3 is 0 Å². The number of benzene rings is 3. The number of piperidine rings is 2. The fraction of sp³-hybridized carbons (Fsp3) is 0.372. The molecule has 1 atom stereocenters. The molecule has 3 amide bonds. The lowest BCUT2D eigenvalue weighted by Crippen LogP contribution is -2.52. The van der Waals surface area contributed by atoms with E-state index in [0.29, 0.717) is 47.6 Å². The summed E-state index contributed by atoms with van der Waals surface area (Å²) in [6.45, 7) is 4.12. The zero-order valence-corrected chi connectivity index (χ0v) is 32.1. The highest BCUT2D eigenvalue weighted by molar-refractivity contribution is 6.07. The summed E-state index contributed by atoms with van der Waals surface area (Å²) in [4.78, 5) is 56.4. The maximum atomic E-state index is 14.9. The van der Waals surface area contributed by atoms with E-state index in [9.17, 15) is 28.0 Å². The predicted octanol–water partition coefficient (Wildman–Crippen LogP) is 6.34. The van der Waals surface area contributed by atoms with Crippen LogP contribution >= 0.6 is 0 Å². The van der Waals surface area contributed by atoms with E-state index in [4.69, 9.17) is 9.84 Å². The number of hydrogen-bond donors (Lipinski definition) is 1. The van der Waals surface area contributed by atoms with Crippen molar-refractivity contribution < 1.29 is 27.9 Å². The molecule has 2 aromatic heterocycles. The summed E-state index contributed by atoms with van der Waals surface area (Å²) in [7, 11) is 3.28. The van der Waals surface area contributed by atoms with Crippen molar-refractivity contribution in [3.8, 4) is 16.9 Å². The number of nitrogens with one attached hydrogen (secondary N) is 1. The van der Waals surface area contributed by atoms with Gasteiger partial charge in [-0.3, -0.25) is 29.2 Å². The Morgan fingerprint density at radius 1 is 0.930 bits per heavy atom. The number of pyridine rings is 1. The van der Waals surface area contributed by atoms with Crippen LogP contribution in [0.5, 0.6) is 5.75 Å². The van der Waals surface area contributed by atoms with Crippen molar-refractivity contribution in [3.63, 3.8) is 0 Å². The van der Waals surface area contributed by atoms with Crippen LogP contribution in [-0.4, -0.2) is 69.8 Å². The first-order valence-electron chi connectivity index (χ1n) is 19.5. The highest BCUT2D eigenvalue weighted by Crippen LogP contribution is 2.44. The molecule has 4 aliphatic rings. The molecule has 14 heteroatoms. The first kappa shape index (κ1) is 36.6. The lowest BCUT2D eigenvalue weighted by Gasteiger charge is -2.34. The quantitative estimate of drug-likeness (QED) is 0.190. The summed E-state index contributed by atoms with van der Waals surface area (Å²) in [6.07, 6.45) is 4.47. The molecule has 1 N–H and O–H groups in total. The van der Waals surface area contributed by atoms with E-state index in [2.05, 4.69) is 15.1 Å². The molecule has 3 aromatic carbocycles. The molecule has 1 unspecified atom stereocenters. The van der Waals surface area contributed by atoms with Gasteiger partial charge in [-0.1, -0.05) is 6.07 Å². The Bertz CT molecular complexity index is 2540. The molecule has 9 rings (SSSR count). The van der Waals surface area contributed by atoms with Crippen LogP contribution in [-0.2, 0) is 29.6 Å². The Morgan fingerprint density at radius 3 is 2.49 bits per heavy atom. The van der Waals surface area contributed by atoms with E-state index in [1.807, 2.05) is 53.3 Å². The van der Waals surface area contributed by atoms with Crippen molar-refractivity contribution in [1.29, 1.82) is 0 Å². The number of halogens is 2. The Balaban J connectivity index is 0.942. The number of amides is 3. The molecule has 0 bridgehead atoms. The lowest BCUT2D eigenvalue weighted by molar-refractivity contribution is -0.136. The molecule has 2 saturated heterocycles. The second-order valence-electron chi connectivity index (χ2n) is 15.5. The van der Waals surface area contributed by atoms with Crippen LogP contribution in [0.3, 0.4) is 0 Å². The fourth-order valence-electron chi connectivity index (χ4n) is 9.26. The summed E-state index contributed by atoms with van der Waals surface area (Å²) in [5.41, 5.74) is 7.23. The van der Waals surface area contributed by atoms with Gasteiger partial charge in [-0.2, -0.15) is 5.10 Å². The summed E-state index contributed by atoms with van der Waals surface area (Å²) >= 11 is 0. The molecule has 5 aromatic rings. The van der Waals surface area contributed by atoms with Crippen molar-refractivity contribution in [2.24, 2.45) is 7.05 Å². The van der Waals surface area contributed by atoms with Gasteiger partial charge in [0.1, 0.15) is 11.8 Å². The van der Waals surface area contributed by atoms with Gasteiger partial charge in [0.25, 0.3) is 17.9 Å². The van der Waals surface area contributed by atoms with Gasteiger partial charge in [0.15, 0.2) is 0 Å². The second kappa shape index (κ2) is 14.2. The number of ether oxygens (including phenoxy) is 1. The standard InChI is InChI=1S/C43H43F2N7O5/c1-24-16-32-33(48(2)42(24)55)7-4-8-34(32)50-13-5-6-25-18-30(31(40(44)45)20-36(25)50)27-21-46-52(23-27)28-11-14-49(15-12-28)29-17-26-22-51(35-9-10-38(53)47-41(35)54)43(56)39(26)37(19-29)57-3/h4,7-8,16-21,23,28,35,40H,5-6,9-15,22H2,1-3H3,(H,47,53,54). The summed E-state index contributed by atoms with van der Waals surface area (Å²) in [6, 6.07) is 14.5. The number of anilines is 3. The van der Waals surface area contributed by atoms with Crippen LogP contribution in [0.1, 0.15) is 77.2 Å². The highest BCUT2D eigenvalue weighted by Gasteiger charge is 2.41. The Hall–Kier alpha value is -6.05. The molecule has 2 fully saturated rings. The van der Waals surface area contributed by atoms with Gasteiger partial charge in [-0.15, -0.1) is 0 Å². The zero-order chi connectivity index (χ0) is 39.7. The molecule has 0 saturated carbocycles. The Labute approximate surface area is 327 Å². The topological polar surface area (TPSA) is 122 Å². The maximum Gasteiger partial charge on any atom is 0.264 e. The SMILES string of the molecule is COc1cc(N2CCC(n3cc(-c4cc5c(cc4C(F)F)N(c4cccc6c4cc(C)c(=O)n6C)CCC5)cn3)CC2)cc2c1C(=O)N(C1CCC(=O)NC1=O)C2.